The molecule has 138 valence electrons. The number of rotatable bonds is 4. The maximum absolute atomic E-state index is 8.15. The Balaban J connectivity index is 1.89. The van der Waals surface area contributed by atoms with Crippen molar-refractivity contribution >= 4 is 34.7 Å². The van der Waals surface area contributed by atoms with Gasteiger partial charge in [0.15, 0.2) is 0 Å². The van der Waals surface area contributed by atoms with E-state index in [4.69, 9.17) is 38.3 Å². The Bertz CT molecular complexity index is 802. The van der Waals surface area contributed by atoms with Gasteiger partial charge in [0, 0.05) is 28.8 Å². The first kappa shape index (κ1) is 19.2. The van der Waals surface area contributed by atoms with Crippen LogP contribution in [-0.4, -0.2) is 37.3 Å². The molecule has 1 heterocycles. The summed E-state index contributed by atoms with van der Waals surface area (Å²) in [6, 6.07) is 0.0144. The fourth-order valence-corrected chi connectivity index (χ4v) is 4.15. The normalized spacial score (nSPS) is 29.7. The molecule has 0 saturated heterocycles. The average molecular weight is 392 g/mol. The largest absolute Gasteiger partial charge is 0.377 e. The Morgan fingerprint density at radius 2 is 2.19 bits per heavy atom. The topological polar surface area (TPSA) is 57.5 Å². The fraction of sp³-hybridized carbons (Fsp3) is 0.400. The lowest BCUT2D eigenvalue weighted by molar-refractivity contribution is 0.142. The van der Waals surface area contributed by atoms with Crippen molar-refractivity contribution in [1.82, 2.24) is 5.32 Å². The summed E-state index contributed by atoms with van der Waals surface area (Å²) in [7, 11) is 1.71. The number of methoxy groups -OCH3 is 1. The van der Waals surface area contributed by atoms with Crippen LogP contribution in [0.15, 0.2) is 62.2 Å². The number of aliphatic imine (C=N–C) groups is 1. The number of amidine groups is 1. The van der Waals surface area contributed by atoms with Crippen LogP contribution in [0.2, 0.25) is 0 Å². The summed E-state index contributed by atoms with van der Waals surface area (Å²) < 4.78 is 5.32. The van der Waals surface area contributed by atoms with Crippen molar-refractivity contribution in [1.29, 1.82) is 5.41 Å². The van der Waals surface area contributed by atoms with Crippen LogP contribution >= 0.6 is 23.2 Å². The first-order valence-electron chi connectivity index (χ1n) is 8.62. The minimum atomic E-state index is -0.0698. The van der Waals surface area contributed by atoms with Crippen molar-refractivity contribution in [3.8, 4) is 0 Å². The molecule has 4 nitrogen and oxygen atoms in total. The van der Waals surface area contributed by atoms with Crippen LogP contribution in [-0.2, 0) is 4.74 Å². The summed E-state index contributed by atoms with van der Waals surface area (Å²) in [5.74, 6) is 0.603. The second-order valence-corrected chi connectivity index (χ2v) is 7.59. The van der Waals surface area contributed by atoms with Crippen LogP contribution in [0.4, 0.5) is 0 Å². The number of hydrogen-bond donors (Lipinski definition) is 2. The summed E-state index contributed by atoms with van der Waals surface area (Å²) in [5.41, 5.74) is 3.30. The minimum Gasteiger partial charge on any atom is -0.377 e. The number of fused-ring (bicyclic) bond motifs is 1. The van der Waals surface area contributed by atoms with Crippen molar-refractivity contribution in [3.63, 3.8) is 0 Å². The van der Waals surface area contributed by atoms with E-state index in [9.17, 15) is 0 Å². The van der Waals surface area contributed by atoms with Crippen LogP contribution in [0.25, 0.3) is 0 Å². The molecule has 0 spiro atoms. The zero-order valence-electron chi connectivity index (χ0n) is 15.1. The van der Waals surface area contributed by atoms with Gasteiger partial charge in [-0.1, -0.05) is 47.5 Å². The number of ether oxygens (including phenoxy) is 1. The van der Waals surface area contributed by atoms with Gasteiger partial charge in [-0.05, 0) is 37.5 Å². The van der Waals surface area contributed by atoms with E-state index in [1.165, 1.54) is 0 Å². The van der Waals surface area contributed by atoms with Gasteiger partial charge in [-0.3, -0.25) is 4.99 Å². The van der Waals surface area contributed by atoms with Crippen LogP contribution in [0, 0.1) is 11.3 Å². The number of nitrogens with zero attached hydrogens (tertiary/aromatic N) is 1. The average Bonchev–Trinajstić information content (AvgIpc) is 2.61. The predicted molar refractivity (Wildman–Crippen MR) is 109 cm³/mol. The van der Waals surface area contributed by atoms with Crippen molar-refractivity contribution in [2.24, 2.45) is 10.9 Å². The lowest BCUT2D eigenvalue weighted by Gasteiger charge is -2.36. The number of hydrogen-bond acceptors (Lipinski definition) is 3. The van der Waals surface area contributed by atoms with Gasteiger partial charge in [0.2, 0.25) is 0 Å². The summed E-state index contributed by atoms with van der Waals surface area (Å²) in [4.78, 5) is 4.74. The van der Waals surface area contributed by atoms with Crippen molar-refractivity contribution in [2.75, 3.05) is 13.7 Å². The highest BCUT2D eigenvalue weighted by atomic mass is 35.5. The summed E-state index contributed by atoms with van der Waals surface area (Å²) in [6.07, 6.45) is 11.1. The van der Waals surface area contributed by atoms with Gasteiger partial charge in [0.1, 0.15) is 5.84 Å². The van der Waals surface area contributed by atoms with Gasteiger partial charge in [0.25, 0.3) is 0 Å². The lowest BCUT2D eigenvalue weighted by atomic mass is 9.83. The molecule has 0 bridgehead atoms. The molecule has 26 heavy (non-hydrogen) atoms. The maximum Gasteiger partial charge on any atom is 0.132 e. The zero-order chi connectivity index (χ0) is 18.8. The molecule has 0 saturated carbocycles. The number of allylic oxidation sites excluding steroid dienone is 2. The molecular weight excluding hydrogens is 369 g/mol. The molecular formula is C20H23Cl2N3O. The SMILES string of the molecule is COC1C=CC(CN=C2NC3C(C)=CC(Cl)=CC3C(Cl)=C2C(C)=N)=CC1. The molecule has 3 aliphatic rings. The van der Waals surface area contributed by atoms with Crippen molar-refractivity contribution in [3.05, 3.63) is 57.2 Å². The Hall–Kier alpha value is -1.62. The molecule has 0 aromatic heterocycles. The molecule has 2 aliphatic carbocycles. The molecule has 0 aromatic rings. The van der Waals surface area contributed by atoms with Gasteiger partial charge in [0.05, 0.1) is 24.3 Å². The smallest absolute Gasteiger partial charge is 0.132 e. The molecule has 3 rings (SSSR count). The first-order valence-corrected chi connectivity index (χ1v) is 9.38. The number of halogens is 2. The molecule has 1 aliphatic heterocycles. The van der Waals surface area contributed by atoms with Gasteiger partial charge >= 0.3 is 0 Å². The van der Waals surface area contributed by atoms with Crippen LogP contribution in [0.1, 0.15) is 20.3 Å². The molecule has 0 amide bonds. The van der Waals surface area contributed by atoms with Crippen LogP contribution in [0.3, 0.4) is 0 Å². The zero-order valence-corrected chi connectivity index (χ0v) is 16.7. The Labute approximate surface area is 164 Å². The fourth-order valence-electron chi connectivity index (χ4n) is 3.42. The molecule has 3 atom stereocenters. The quantitative estimate of drug-likeness (QED) is 0.693. The van der Waals surface area contributed by atoms with E-state index < -0.39 is 0 Å². The van der Waals surface area contributed by atoms with E-state index >= 15 is 0 Å². The molecule has 2 N–H and O–H groups in total. The second-order valence-electron chi connectivity index (χ2n) is 6.75. The molecule has 3 unspecified atom stereocenters. The summed E-state index contributed by atoms with van der Waals surface area (Å²) in [6.45, 7) is 4.30. The van der Waals surface area contributed by atoms with Gasteiger partial charge in [-0.2, -0.15) is 0 Å². The Kier molecular flexibility index (Phi) is 5.86. The highest BCUT2D eigenvalue weighted by Crippen LogP contribution is 2.37. The third-order valence-corrected chi connectivity index (χ3v) is 5.53. The lowest BCUT2D eigenvalue weighted by Crippen LogP contribution is -2.48. The van der Waals surface area contributed by atoms with E-state index in [-0.39, 0.29) is 18.1 Å². The minimum absolute atomic E-state index is 0.0144. The molecule has 0 fully saturated rings. The third-order valence-electron chi connectivity index (χ3n) is 4.85. The third kappa shape index (κ3) is 3.88. The Morgan fingerprint density at radius 3 is 2.81 bits per heavy atom. The van der Waals surface area contributed by atoms with Crippen LogP contribution in [0.5, 0.6) is 0 Å². The van der Waals surface area contributed by atoms with Gasteiger partial charge in [-0.25, -0.2) is 0 Å². The standard InChI is InChI=1S/C20H23Cl2N3O/c1-11-8-14(21)9-16-18(22)17(12(2)23)20(25-19(11)16)24-10-13-4-6-15(26-3)7-5-13/h4-6,8-9,15-16,19,23H,7,10H2,1-3H3,(H,24,25). The summed E-state index contributed by atoms with van der Waals surface area (Å²) in [5, 5.41) is 12.9. The van der Waals surface area contributed by atoms with Crippen molar-refractivity contribution < 1.29 is 4.74 Å². The van der Waals surface area contributed by atoms with E-state index in [1.807, 2.05) is 31.2 Å². The first-order chi connectivity index (χ1) is 12.4. The van der Waals surface area contributed by atoms with E-state index in [2.05, 4.69) is 11.4 Å². The summed E-state index contributed by atoms with van der Waals surface area (Å²) >= 11 is 12.9. The molecule has 6 heteroatoms. The van der Waals surface area contributed by atoms with Gasteiger partial charge < -0.3 is 15.5 Å². The predicted octanol–water partition coefficient (Wildman–Crippen LogP) is 4.49. The number of nitrogens with one attached hydrogen (secondary N) is 2. The monoisotopic (exact) mass is 391 g/mol. The van der Waals surface area contributed by atoms with E-state index in [0.717, 1.165) is 17.6 Å². The van der Waals surface area contributed by atoms with Crippen LogP contribution < -0.4 is 5.32 Å². The van der Waals surface area contributed by atoms with Crippen molar-refractivity contribution in [2.45, 2.75) is 32.4 Å². The molecule has 0 radical (unpaired) electrons. The van der Waals surface area contributed by atoms with Gasteiger partial charge in [-0.15, -0.1) is 0 Å². The van der Waals surface area contributed by atoms with E-state index in [0.29, 0.717) is 33.7 Å². The van der Waals surface area contributed by atoms with E-state index in [1.54, 1.807) is 14.0 Å². The second kappa shape index (κ2) is 7.95. The Morgan fingerprint density at radius 1 is 1.42 bits per heavy atom. The molecule has 0 aromatic carbocycles. The highest BCUT2D eigenvalue weighted by Gasteiger charge is 2.36. The highest BCUT2D eigenvalue weighted by molar-refractivity contribution is 6.39. The maximum atomic E-state index is 8.15.